The summed E-state index contributed by atoms with van der Waals surface area (Å²) in [6, 6.07) is 7.72. The van der Waals surface area contributed by atoms with Crippen LogP contribution in [0.4, 0.5) is 0 Å². The smallest absolute Gasteiger partial charge is 0.222 e. The number of piperidine rings is 1. The molecule has 1 aromatic rings. The van der Waals surface area contributed by atoms with Gasteiger partial charge in [-0.2, -0.15) is 0 Å². The summed E-state index contributed by atoms with van der Waals surface area (Å²) in [4.78, 5) is 24.1. The first-order valence-electron chi connectivity index (χ1n) is 9.01. The zero-order chi connectivity index (χ0) is 18.2. The number of ether oxygens (including phenoxy) is 1. The second-order valence-electron chi connectivity index (χ2n) is 6.57. The number of hydrogen-bond acceptors (Lipinski definition) is 4. The number of benzene rings is 1. The average Bonchev–Trinajstić information content (AvgIpc) is 2.54. The molecule has 1 fully saturated rings. The molecule has 0 bridgehead atoms. The number of amides is 2. The van der Waals surface area contributed by atoms with Crippen LogP contribution in [0.25, 0.3) is 0 Å². The van der Waals surface area contributed by atoms with E-state index >= 15 is 0 Å². The molecule has 138 valence electrons. The Morgan fingerprint density at radius 3 is 2.80 bits per heavy atom. The predicted octanol–water partition coefficient (Wildman–Crippen LogP) is 1.91. The van der Waals surface area contributed by atoms with Crippen molar-refractivity contribution in [3.63, 3.8) is 0 Å². The van der Waals surface area contributed by atoms with Crippen molar-refractivity contribution in [3.05, 3.63) is 29.8 Å². The van der Waals surface area contributed by atoms with Gasteiger partial charge in [0.15, 0.2) is 0 Å². The van der Waals surface area contributed by atoms with E-state index in [0.717, 1.165) is 24.9 Å². The molecule has 1 aromatic carbocycles. The van der Waals surface area contributed by atoms with E-state index in [-0.39, 0.29) is 24.3 Å². The van der Waals surface area contributed by atoms with Crippen molar-refractivity contribution in [1.29, 1.82) is 0 Å². The molecular weight excluding hydrogens is 318 g/mol. The lowest BCUT2D eigenvalue weighted by Gasteiger charge is -2.29. The Hall–Kier alpha value is -2.08. The van der Waals surface area contributed by atoms with E-state index in [1.165, 1.54) is 6.92 Å². The van der Waals surface area contributed by atoms with Gasteiger partial charge in [-0.1, -0.05) is 18.2 Å². The van der Waals surface area contributed by atoms with E-state index in [2.05, 4.69) is 22.9 Å². The molecule has 0 spiro atoms. The second-order valence-corrected chi connectivity index (χ2v) is 6.57. The van der Waals surface area contributed by atoms with Crippen LogP contribution in [0.5, 0.6) is 5.75 Å². The van der Waals surface area contributed by atoms with Crippen LogP contribution in [0.1, 0.15) is 51.6 Å². The lowest BCUT2D eigenvalue weighted by atomic mass is 9.99. The number of carbonyl (C=O) groups excluding carboxylic acids is 2. The van der Waals surface area contributed by atoms with Crippen molar-refractivity contribution in [2.45, 2.75) is 58.2 Å². The highest BCUT2D eigenvalue weighted by Crippen LogP contribution is 2.27. The Morgan fingerprint density at radius 1 is 1.36 bits per heavy atom. The molecular formula is C19H29N3O3. The minimum Gasteiger partial charge on any atom is -0.494 e. The molecule has 0 radical (unpaired) electrons. The molecule has 2 amide bonds. The topological polar surface area (TPSA) is 79.5 Å². The number of rotatable bonds is 7. The molecule has 3 unspecified atom stereocenters. The van der Waals surface area contributed by atoms with E-state index in [0.29, 0.717) is 18.4 Å². The SMILES string of the molecule is CCOc1ccccc1C(CC(=O)NC1CCNC(C)C1)NC(C)=O. The van der Waals surface area contributed by atoms with Gasteiger partial charge in [0.1, 0.15) is 5.75 Å². The van der Waals surface area contributed by atoms with Crippen molar-refractivity contribution >= 4 is 11.8 Å². The molecule has 1 heterocycles. The molecule has 1 aliphatic rings. The summed E-state index contributed by atoms with van der Waals surface area (Å²) in [6.07, 6.45) is 2.05. The fourth-order valence-corrected chi connectivity index (χ4v) is 3.27. The first-order chi connectivity index (χ1) is 12.0. The van der Waals surface area contributed by atoms with Gasteiger partial charge in [-0.15, -0.1) is 0 Å². The molecule has 6 heteroatoms. The zero-order valence-electron chi connectivity index (χ0n) is 15.3. The molecule has 1 saturated heterocycles. The lowest BCUT2D eigenvalue weighted by Crippen LogP contribution is -2.47. The highest BCUT2D eigenvalue weighted by atomic mass is 16.5. The third kappa shape index (κ3) is 6.05. The predicted molar refractivity (Wildman–Crippen MR) is 97.4 cm³/mol. The van der Waals surface area contributed by atoms with Crippen molar-refractivity contribution in [2.75, 3.05) is 13.2 Å². The van der Waals surface area contributed by atoms with Gasteiger partial charge in [0.05, 0.1) is 19.1 Å². The van der Waals surface area contributed by atoms with Gasteiger partial charge in [0.25, 0.3) is 0 Å². The molecule has 0 aliphatic carbocycles. The monoisotopic (exact) mass is 347 g/mol. The first kappa shape index (κ1) is 19.2. The van der Waals surface area contributed by atoms with Crippen LogP contribution >= 0.6 is 0 Å². The maximum atomic E-state index is 12.5. The van der Waals surface area contributed by atoms with Crippen molar-refractivity contribution in [3.8, 4) is 5.75 Å². The Morgan fingerprint density at radius 2 is 2.12 bits per heavy atom. The standard InChI is InChI=1S/C19H29N3O3/c1-4-25-18-8-6-5-7-16(18)17(21-14(3)23)12-19(24)22-15-9-10-20-13(2)11-15/h5-8,13,15,17,20H,4,9-12H2,1-3H3,(H,21,23)(H,22,24). The summed E-state index contributed by atoms with van der Waals surface area (Å²) in [5.41, 5.74) is 0.827. The van der Waals surface area contributed by atoms with Crippen LogP contribution in [0.2, 0.25) is 0 Å². The van der Waals surface area contributed by atoms with Gasteiger partial charge in [-0.3, -0.25) is 9.59 Å². The van der Waals surface area contributed by atoms with Crippen molar-refractivity contribution in [2.24, 2.45) is 0 Å². The highest BCUT2D eigenvalue weighted by molar-refractivity contribution is 5.79. The molecule has 0 saturated carbocycles. The average molecular weight is 347 g/mol. The van der Waals surface area contributed by atoms with E-state index in [9.17, 15) is 9.59 Å². The third-order valence-electron chi connectivity index (χ3n) is 4.35. The van der Waals surface area contributed by atoms with E-state index in [1.807, 2.05) is 31.2 Å². The highest BCUT2D eigenvalue weighted by Gasteiger charge is 2.24. The summed E-state index contributed by atoms with van der Waals surface area (Å²) in [5.74, 6) is 0.482. The van der Waals surface area contributed by atoms with Gasteiger partial charge in [-0.05, 0) is 39.3 Å². The van der Waals surface area contributed by atoms with Crippen LogP contribution in [0, 0.1) is 0 Å². The van der Waals surface area contributed by atoms with Gasteiger partial charge < -0.3 is 20.7 Å². The summed E-state index contributed by atoms with van der Waals surface area (Å²) < 4.78 is 5.65. The van der Waals surface area contributed by atoms with Crippen LogP contribution in [0.15, 0.2) is 24.3 Å². The zero-order valence-corrected chi connectivity index (χ0v) is 15.3. The van der Waals surface area contributed by atoms with Crippen LogP contribution in [0.3, 0.4) is 0 Å². The summed E-state index contributed by atoms with van der Waals surface area (Å²) >= 11 is 0. The number of para-hydroxylation sites is 1. The maximum Gasteiger partial charge on any atom is 0.222 e. The van der Waals surface area contributed by atoms with E-state index < -0.39 is 6.04 Å². The fourth-order valence-electron chi connectivity index (χ4n) is 3.27. The number of nitrogens with one attached hydrogen (secondary N) is 3. The number of hydrogen-bond donors (Lipinski definition) is 3. The summed E-state index contributed by atoms with van der Waals surface area (Å²) in [7, 11) is 0. The summed E-state index contributed by atoms with van der Waals surface area (Å²) in [5, 5.41) is 9.36. The van der Waals surface area contributed by atoms with Gasteiger partial charge in [-0.25, -0.2) is 0 Å². The second kappa shape index (κ2) is 9.42. The largest absolute Gasteiger partial charge is 0.494 e. The molecule has 6 nitrogen and oxygen atoms in total. The van der Waals surface area contributed by atoms with Gasteiger partial charge in [0.2, 0.25) is 11.8 Å². The van der Waals surface area contributed by atoms with Gasteiger partial charge in [0, 0.05) is 24.6 Å². The Balaban J connectivity index is 2.07. The van der Waals surface area contributed by atoms with E-state index in [1.54, 1.807) is 0 Å². The molecule has 3 N–H and O–H groups in total. The maximum absolute atomic E-state index is 12.5. The fraction of sp³-hybridized carbons (Fsp3) is 0.579. The van der Waals surface area contributed by atoms with Crippen molar-refractivity contribution < 1.29 is 14.3 Å². The van der Waals surface area contributed by atoms with Crippen LogP contribution < -0.4 is 20.7 Å². The Labute approximate surface area is 149 Å². The Kier molecular flexibility index (Phi) is 7.25. The quantitative estimate of drug-likeness (QED) is 0.704. The minimum absolute atomic E-state index is 0.0517. The lowest BCUT2D eigenvalue weighted by molar-refractivity contribution is -0.123. The summed E-state index contributed by atoms with van der Waals surface area (Å²) in [6.45, 7) is 6.94. The Bertz CT molecular complexity index is 591. The molecule has 2 rings (SSSR count). The van der Waals surface area contributed by atoms with Gasteiger partial charge >= 0.3 is 0 Å². The molecule has 25 heavy (non-hydrogen) atoms. The molecule has 3 atom stereocenters. The first-order valence-corrected chi connectivity index (χ1v) is 9.01. The van der Waals surface area contributed by atoms with Crippen molar-refractivity contribution in [1.82, 2.24) is 16.0 Å². The van der Waals surface area contributed by atoms with E-state index in [4.69, 9.17) is 4.74 Å². The molecule has 0 aromatic heterocycles. The number of carbonyl (C=O) groups is 2. The van der Waals surface area contributed by atoms with Crippen LogP contribution in [-0.4, -0.2) is 37.0 Å². The normalized spacial score (nSPS) is 21.2. The molecule has 1 aliphatic heterocycles. The van der Waals surface area contributed by atoms with Crippen LogP contribution in [-0.2, 0) is 9.59 Å². The third-order valence-corrected chi connectivity index (χ3v) is 4.35. The minimum atomic E-state index is -0.403.